The van der Waals surface area contributed by atoms with Crippen molar-refractivity contribution < 1.29 is 4.42 Å². The van der Waals surface area contributed by atoms with Gasteiger partial charge in [0, 0.05) is 6.54 Å². The Morgan fingerprint density at radius 3 is 2.65 bits per heavy atom. The minimum absolute atomic E-state index is 0.668. The Morgan fingerprint density at radius 1 is 1.18 bits per heavy atom. The van der Waals surface area contributed by atoms with Crippen LogP contribution in [0.25, 0.3) is 0 Å². The van der Waals surface area contributed by atoms with E-state index in [9.17, 15) is 0 Å². The molecule has 3 heteroatoms. The van der Waals surface area contributed by atoms with E-state index in [0.29, 0.717) is 6.54 Å². The fourth-order valence-corrected chi connectivity index (χ4v) is 1.83. The number of nitrogens with one attached hydrogen (secondary N) is 1. The molecule has 0 bridgehead atoms. The van der Waals surface area contributed by atoms with Crippen molar-refractivity contribution in [3.63, 3.8) is 0 Å². The SMILES string of the molecule is Cc1ccc(CNCc2ncc(C)o2)c(C)c1. The van der Waals surface area contributed by atoms with Gasteiger partial charge in [-0.15, -0.1) is 0 Å². The van der Waals surface area contributed by atoms with E-state index in [1.807, 2.05) is 6.92 Å². The molecule has 3 nitrogen and oxygen atoms in total. The fraction of sp³-hybridized carbons (Fsp3) is 0.357. The molecule has 0 atom stereocenters. The van der Waals surface area contributed by atoms with Crippen LogP contribution in [0.5, 0.6) is 0 Å². The summed E-state index contributed by atoms with van der Waals surface area (Å²) >= 11 is 0. The van der Waals surface area contributed by atoms with Crippen LogP contribution < -0.4 is 5.32 Å². The maximum absolute atomic E-state index is 5.40. The number of oxazole rings is 1. The number of aryl methyl sites for hydroxylation is 3. The first-order valence-corrected chi connectivity index (χ1v) is 5.83. The normalized spacial score (nSPS) is 10.8. The highest BCUT2D eigenvalue weighted by Gasteiger charge is 2.01. The zero-order valence-corrected chi connectivity index (χ0v) is 10.6. The van der Waals surface area contributed by atoms with Crippen LogP contribution in [0.4, 0.5) is 0 Å². The third-order valence-electron chi connectivity index (χ3n) is 2.76. The molecule has 0 saturated heterocycles. The van der Waals surface area contributed by atoms with Gasteiger partial charge in [0.15, 0.2) is 0 Å². The Balaban J connectivity index is 1.90. The molecule has 0 aliphatic rings. The van der Waals surface area contributed by atoms with E-state index in [1.165, 1.54) is 16.7 Å². The molecular formula is C14H18N2O. The van der Waals surface area contributed by atoms with Crippen molar-refractivity contribution in [3.05, 3.63) is 52.7 Å². The zero-order valence-electron chi connectivity index (χ0n) is 10.6. The van der Waals surface area contributed by atoms with Gasteiger partial charge < -0.3 is 9.73 Å². The monoisotopic (exact) mass is 230 g/mol. The van der Waals surface area contributed by atoms with Gasteiger partial charge >= 0.3 is 0 Å². The molecule has 0 radical (unpaired) electrons. The van der Waals surface area contributed by atoms with E-state index < -0.39 is 0 Å². The molecule has 1 heterocycles. The molecule has 0 aliphatic heterocycles. The Bertz CT molecular complexity index is 503. The lowest BCUT2D eigenvalue weighted by molar-refractivity contribution is 0.449. The molecule has 2 aromatic rings. The molecule has 0 amide bonds. The smallest absolute Gasteiger partial charge is 0.208 e. The number of aromatic nitrogens is 1. The summed E-state index contributed by atoms with van der Waals surface area (Å²) in [6.45, 7) is 7.66. The molecule has 2 rings (SSSR count). The summed E-state index contributed by atoms with van der Waals surface area (Å²) in [6, 6.07) is 6.50. The quantitative estimate of drug-likeness (QED) is 0.877. The molecule has 1 aromatic carbocycles. The molecular weight excluding hydrogens is 212 g/mol. The third kappa shape index (κ3) is 3.17. The van der Waals surface area contributed by atoms with Crippen LogP contribution in [-0.4, -0.2) is 4.98 Å². The summed E-state index contributed by atoms with van der Waals surface area (Å²) in [5.41, 5.74) is 3.94. The number of nitrogens with zero attached hydrogens (tertiary/aromatic N) is 1. The highest BCUT2D eigenvalue weighted by atomic mass is 16.4. The summed E-state index contributed by atoms with van der Waals surface area (Å²) in [5, 5.41) is 3.34. The van der Waals surface area contributed by atoms with Crippen molar-refractivity contribution in [2.75, 3.05) is 0 Å². The van der Waals surface area contributed by atoms with Crippen molar-refractivity contribution in [2.45, 2.75) is 33.9 Å². The number of hydrogen-bond donors (Lipinski definition) is 1. The molecule has 1 aromatic heterocycles. The number of benzene rings is 1. The predicted molar refractivity (Wildman–Crippen MR) is 67.7 cm³/mol. The van der Waals surface area contributed by atoms with Gasteiger partial charge in [0.2, 0.25) is 5.89 Å². The highest BCUT2D eigenvalue weighted by molar-refractivity contribution is 5.30. The van der Waals surface area contributed by atoms with E-state index in [1.54, 1.807) is 6.20 Å². The second-order valence-corrected chi connectivity index (χ2v) is 4.40. The second-order valence-electron chi connectivity index (χ2n) is 4.40. The first-order valence-electron chi connectivity index (χ1n) is 5.83. The molecule has 0 spiro atoms. The standard InChI is InChI=1S/C14H18N2O/c1-10-4-5-13(11(2)6-10)8-15-9-14-16-7-12(3)17-14/h4-7,15H,8-9H2,1-3H3. The minimum atomic E-state index is 0.668. The Morgan fingerprint density at radius 2 is 2.00 bits per heavy atom. The van der Waals surface area contributed by atoms with Crippen molar-refractivity contribution in [1.29, 1.82) is 0 Å². The topological polar surface area (TPSA) is 38.1 Å². The Hall–Kier alpha value is -1.61. The highest BCUT2D eigenvalue weighted by Crippen LogP contribution is 2.10. The lowest BCUT2D eigenvalue weighted by Crippen LogP contribution is -2.13. The molecule has 17 heavy (non-hydrogen) atoms. The summed E-state index contributed by atoms with van der Waals surface area (Å²) in [6.07, 6.45) is 1.74. The summed E-state index contributed by atoms with van der Waals surface area (Å²) < 4.78 is 5.40. The Labute approximate surface area is 102 Å². The largest absolute Gasteiger partial charge is 0.445 e. The van der Waals surface area contributed by atoms with Crippen LogP contribution in [0.1, 0.15) is 28.3 Å². The van der Waals surface area contributed by atoms with Gasteiger partial charge in [0.05, 0.1) is 12.7 Å². The molecule has 0 unspecified atom stereocenters. The van der Waals surface area contributed by atoms with E-state index in [4.69, 9.17) is 4.42 Å². The van der Waals surface area contributed by atoms with Gasteiger partial charge in [0.1, 0.15) is 5.76 Å². The van der Waals surface area contributed by atoms with Gasteiger partial charge in [0.25, 0.3) is 0 Å². The number of hydrogen-bond acceptors (Lipinski definition) is 3. The van der Waals surface area contributed by atoms with Gasteiger partial charge in [-0.3, -0.25) is 0 Å². The maximum atomic E-state index is 5.40. The second kappa shape index (κ2) is 5.15. The van der Waals surface area contributed by atoms with E-state index >= 15 is 0 Å². The van der Waals surface area contributed by atoms with Crippen molar-refractivity contribution in [1.82, 2.24) is 10.3 Å². The molecule has 0 saturated carbocycles. The first kappa shape index (κ1) is 11.9. The van der Waals surface area contributed by atoms with Gasteiger partial charge in [-0.25, -0.2) is 4.98 Å². The van der Waals surface area contributed by atoms with Crippen LogP contribution in [0.2, 0.25) is 0 Å². The van der Waals surface area contributed by atoms with Crippen molar-refractivity contribution in [3.8, 4) is 0 Å². The average Bonchev–Trinajstić information content (AvgIpc) is 2.68. The van der Waals surface area contributed by atoms with E-state index in [-0.39, 0.29) is 0 Å². The lowest BCUT2D eigenvalue weighted by atomic mass is 10.1. The molecule has 0 fully saturated rings. The summed E-state index contributed by atoms with van der Waals surface area (Å²) in [7, 11) is 0. The lowest BCUT2D eigenvalue weighted by Gasteiger charge is -2.07. The Kier molecular flexibility index (Phi) is 3.59. The van der Waals surface area contributed by atoms with Crippen LogP contribution in [0.15, 0.2) is 28.8 Å². The molecule has 0 aliphatic carbocycles. The predicted octanol–water partition coefficient (Wildman–Crippen LogP) is 2.89. The third-order valence-corrected chi connectivity index (χ3v) is 2.76. The van der Waals surface area contributed by atoms with Crippen LogP contribution >= 0.6 is 0 Å². The van der Waals surface area contributed by atoms with Crippen LogP contribution in [-0.2, 0) is 13.1 Å². The van der Waals surface area contributed by atoms with Crippen LogP contribution in [0, 0.1) is 20.8 Å². The van der Waals surface area contributed by atoms with Crippen molar-refractivity contribution in [2.24, 2.45) is 0 Å². The fourth-order valence-electron chi connectivity index (χ4n) is 1.83. The maximum Gasteiger partial charge on any atom is 0.208 e. The van der Waals surface area contributed by atoms with Crippen molar-refractivity contribution >= 4 is 0 Å². The van der Waals surface area contributed by atoms with Gasteiger partial charge in [-0.1, -0.05) is 23.8 Å². The van der Waals surface area contributed by atoms with E-state index in [0.717, 1.165) is 18.2 Å². The van der Waals surface area contributed by atoms with Gasteiger partial charge in [-0.2, -0.15) is 0 Å². The molecule has 90 valence electrons. The average molecular weight is 230 g/mol. The first-order chi connectivity index (χ1) is 8.15. The van der Waals surface area contributed by atoms with Gasteiger partial charge in [-0.05, 0) is 31.9 Å². The number of rotatable bonds is 4. The summed E-state index contributed by atoms with van der Waals surface area (Å²) in [5.74, 6) is 1.60. The molecule has 1 N–H and O–H groups in total. The minimum Gasteiger partial charge on any atom is -0.445 e. The van der Waals surface area contributed by atoms with E-state index in [2.05, 4.69) is 42.3 Å². The zero-order chi connectivity index (χ0) is 12.3. The van der Waals surface area contributed by atoms with Crippen LogP contribution in [0.3, 0.4) is 0 Å². The summed E-state index contributed by atoms with van der Waals surface area (Å²) in [4.78, 5) is 4.15.